The molecule has 134 valence electrons. The van der Waals surface area contributed by atoms with Gasteiger partial charge in [-0.25, -0.2) is 4.79 Å². The van der Waals surface area contributed by atoms with E-state index < -0.39 is 0 Å². The van der Waals surface area contributed by atoms with E-state index in [9.17, 15) is 4.79 Å². The Morgan fingerprint density at radius 2 is 1.88 bits per heavy atom. The second kappa shape index (κ2) is 7.88. The molecule has 5 heteroatoms. The van der Waals surface area contributed by atoms with Crippen LogP contribution in [-0.2, 0) is 5.41 Å². The lowest BCUT2D eigenvalue weighted by atomic mass is 9.85. The number of piperazine rings is 1. The summed E-state index contributed by atoms with van der Waals surface area (Å²) >= 11 is 0. The van der Waals surface area contributed by atoms with Crippen LogP contribution < -0.4 is 10.1 Å². The van der Waals surface area contributed by atoms with E-state index >= 15 is 0 Å². The Balaban J connectivity index is 1.87. The third kappa shape index (κ3) is 4.87. The molecule has 0 aliphatic carbocycles. The van der Waals surface area contributed by atoms with Crippen LogP contribution in [0.3, 0.4) is 0 Å². The highest BCUT2D eigenvalue weighted by Crippen LogP contribution is 2.31. The lowest BCUT2D eigenvalue weighted by Gasteiger charge is -2.34. The molecule has 1 aromatic rings. The van der Waals surface area contributed by atoms with Gasteiger partial charge in [0.25, 0.3) is 0 Å². The van der Waals surface area contributed by atoms with Crippen molar-refractivity contribution >= 4 is 6.03 Å². The van der Waals surface area contributed by atoms with E-state index in [1.54, 1.807) is 0 Å². The first-order valence-electron chi connectivity index (χ1n) is 8.80. The number of aryl methyl sites for hydroxylation is 1. The van der Waals surface area contributed by atoms with Gasteiger partial charge < -0.3 is 19.9 Å². The van der Waals surface area contributed by atoms with E-state index in [1.165, 1.54) is 5.56 Å². The van der Waals surface area contributed by atoms with Crippen LogP contribution in [0.5, 0.6) is 5.75 Å². The average Bonchev–Trinajstić information content (AvgIpc) is 2.55. The summed E-state index contributed by atoms with van der Waals surface area (Å²) in [6.45, 7) is 15.4. The maximum Gasteiger partial charge on any atom is 0.320 e. The van der Waals surface area contributed by atoms with Gasteiger partial charge in [0.05, 0.1) is 0 Å². The summed E-state index contributed by atoms with van der Waals surface area (Å²) in [5.41, 5.74) is 2.38. The molecule has 0 aromatic heterocycles. The van der Waals surface area contributed by atoms with Gasteiger partial charge in [-0.05, 0) is 30.5 Å². The van der Waals surface area contributed by atoms with Crippen LogP contribution in [-0.4, -0.2) is 55.3 Å². The molecule has 1 saturated heterocycles. The molecule has 1 N–H and O–H groups in total. The first-order valence-corrected chi connectivity index (χ1v) is 8.80. The Morgan fingerprint density at radius 1 is 1.21 bits per heavy atom. The largest absolute Gasteiger partial charge is 0.473 e. The van der Waals surface area contributed by atoms with E-state index in [2.05, 4.69) is 50.9 Å². The first kappa shape index (κ1) is 18.6. The molecule has 1 fully saturated rings. The Kier molecular flexibility index (Phi) is 6.10. The number of hydrogen-bond acceptors (Lipinski definition) is 3. The van der Waals surface area contributed by atoms with Crippen molar-refractivity contribution in [1.82, 2.24) is 15.1 Å². The molecule has 2 amide bonds. The highest BCUT2D eigenvalue weighted by atomic mass is 16.5. The zero-order valence-electron chi connectivity index (χ0n) is 15.7. The van der Waals surface area contributed by atoms with Crippen molar-refractivity contribution in [2.75, 3.05) is 39.5 Å². The zero-order chi connectivity index (χ0) is 17.7. The van der Waals surface area contributed by atoms with Crippen LogP contribution in [0.1, 0.15) is 38.8 Å². The number of benzene rings is 1. The maximum atomic E-state index is 12.2. The van der Waals surface area contributed by atoms with E-state index in [0.717, 1.165) is 44.0 Å². The molecule has 5 nitrogen and oxygen atoms in total. The second-order valence-corrected chi connectivity index (χ2v) is 7.44. The van der Waals surface area contributed by atoms with Gasteiger partial charge in [-0.3, -0.25) is 0 Å². The summed E-state index contributed by atoms with van der Waals surface area (Å²) in [6, 6.07) is 6.13. The van der Waals surface area contributed by atoms with Gasteiger partial charge in [0.1, 0.15) is 5.75 Å². The summed E-state index contributed by atoms with van der Waals surface area (Å²) < 4.78 is 5.85. The minimum absolute atomic E-state index is 0.00183. The van der Waals surface area contributed by atoms with Crippen LogP contribution in [0.25, 0.3) is 0 Å². The molecule has 24 heavy (non-hydrogen) atoms. The minimum atomic E-state index is -0.0461. The molecule has 0 radical (unpaired) electrons. The number of nitrogens with zero attached hydrogens (tertiary/aromatic N) is 2. The van der Waals surface area contributed by atoms with Crippen molar-refractivity contribution in [3.05, 3.63) is 29.3 Å². The van der Waals surface area contributed by atoms with Crippen molar-refractivity contribution in [2.45, 2.75) is 40.0 Å². The van der Waals surface area contributed by atoms with Crippen molar-refractivity contribution in [1.29, 1.82) is 0 Å². The maximum absolute atomic E-state index is 12.2. The van der Waals surface area contributed by atoms with Gasteiger partial charge in [-0.1, -0.05) is 45.4 Å². The highest BCUT2D eigenvalue weighted by molar-refractivity contribution is 5.74. The monoisotopic (exact) mass is 333 g/mol. The van der Waals surface area contributed by atoms with Gasteiger partial charge in [-0.15, -0.1) is 0 Å². The molecule has 0 bridgehead atoms. The predicted molar refractivity (Wildman–Crippen MR) is 97.6 cm³/mol. The second-order valence-electron chi connectivity index (χ2n) is 7.44. The molecule has 1 heterocycles. The molecule has 1 aliphatic rings. The number of carbonyl (C=O) groups is 1. The molecule has 0 spiro atoms. The van der Waals surface area contributed by atoms with Crippen molar-refractivity contribution in [3.8, 4) is 5.75 Å². The quantitative estimate of drug-likeness (QED) is 0.862. The predicted octanol–water partition coefficient (Wildman–Crippen LogP) is 2.98. The SMILES string of the molecule is CCN1CCN(C(=O)NCOc2ccc(C)cc2C(C)(C)C)CC1. The fourth-order valence-electron chi connectivity index (χ4n) is 2.91. The smallest absolute Gasteiger partial charge is 0.320 e. The number of carbonyl (C=O) groups excluding carboxylic acids is 1. The third-order valence-electron chi connectivity index (χ3n) is 4.50. The number of likely N-dealkylation sites (N-methyl/N-ethyl adjacent to an activating group) is 1. The Hall–Kier alpha value is -1.75. The molecular weight excluding hydrogens is 302 g/mol. The fraction of sp³-hybridized carbons (Fsp3) is 0.632. The van der Waals surface area contributed by atoms with Gasteiger partial charge in [-0.2, -0.15) is 0 Å². The zero-order valence-corrected chi connectivity index (χ0v) is 15.7. The molecular formula is C19H31N3O2. The Labute approximate surface area is 146 Å². The van der Waals surface area contributed by atoms with Gasteiger partial charge in [0, 0.05) is 26.2 Å². The fourth-order valence-corrected chi connectivity index (χ4v) is 2.91. The number of urea groups is 1. The van der Waals surface area contributed by atoms with Crippen LogP contribution in [0.15, 0.2) is 18.2 Å². The van der Waals surface area contributed by atoms with Crippen molar-refractivity contribution < 1.29 is 9.53 Å². The summed E-state index contributed by atoms with van der Waals surface area (Å²) in [7, 11) is 0. The minimum Gasteiger partial charge on any atom is -0.473 e. The van der Waals surface area contributed by atoms with E-state index in [0.29, 0.717) is 0 Å². The van der Waals surface area contributed by atoms with Crippen molar-refractivity contribution in [3.63, 3.8) is 0 Å². The van der Waals surface area contributed by atoms with Crippen LogP contribution in [0, 0.1) is 6.92 Å². The summed E-state index contributed by atoms with van der Waals surface area (Å²) in [5, 5.41) is 2.87. The van der Waals surface area contributed by atoms with Gasteiger partial charge in [0.15, 0.2) is 6.73 Å². The molecule has 0 atom stereocenters. The van der Waals surface area contributed by atoms with E-state index in [1.807, 2.05) is 17.0 Å². The van der Waals surface area contributed by atoms with Gasteiger partial charge >= 0.3 is 6.03 Å². The van der Waals surface area contributed by atoms with Gasteiger partial charge in [0.2, 0.25) is 0 Å². The Bertz CT molecular complexity index is 558. The average molecular weight is 333 g/mol. The third-order valence-corrected chi connectivity index (χ3v) is 4.50. The lowest BCUT2D eigenvalue weighted by Crippen LogP contribution is -2.52. The van der Waals surface area contributed by atoms with Crippen LogP contribution in [0.4, 0.5) is 4.79 Å². The van der Waals surface area contributed by atoms with Crippen LogP contribution in [0.2, 0.25) is 0 Å². The lowest BCUT2D eigenvalue weighted by molar-refractivity contribution is 0.137. The topological polar surface area (TPSA) is 44.8 Å². The standard InChI is InChI=1S/C19H31N3O2/c1-6-21-9-11-22(12-10-21)18(23)20-14-24-17-8-7-15(2)13-16(17)19(3,4)5/h7-8,13H,6,9-12,14H2,1-5H3,(H,20,23). The summed E-state index contributed by atoms with van der Waals surface area (Å²) in [4.78, 5) is 16.4. The summed E-state index contributed by atoms with van der Waals surface area (Å²) in [6.07, 6.45) is 0. The molecule has 0 saturated carbocycles. The number of ether oxygens (including phenoxy) is 1. The number of rotatable bonds is 4. The van der Waals surface area contributed by atoms with E-state index in [-0.39, 0.29) is 18.2 Å². The number of nitrogens with one attached hydrogen (secondary N) is 1. The number of amides is 2. The molecule has 2 rings (SSSR count). The number of hydrogen-bond donors (Lipinski definition) is 1. The van der Waals surface area contributed by atoms with Crippen LogP contribution >= 0.6 is 0 Å². The molecule has 1 aliphatic heterocycles. The van der Waals surface area contributed by atoms with Crippen molar-refractivity contribution in [2.24, 2.45) is 0 Å². The Morgan fingerprint density at radius 3 is 2.46 bits per heavy atom. The first-order chi connectivity index (χ1) is 11.3. The highest BCUT2D eigenvalue weighted by Gasteiger charge is 2.21. The summed E-state index contributed by atoms with van der Waals surface area (Å²) in [5.74, 6) is 0.837. The normalized spacial score (nSPS) is 16.1. The molecule has 1 aromatic carbocycles. The van der Waals surface area contributed by atoms with E-state index in [4.69, 9.17) is 4.74 Å². The molecule has 0 unspecified atom stereocenters.